The van der Waals surface area contributed by atoms with E-state index >= 15 is 0 Å². The summed E-state index contributed by atoms with van der Waals surface area (Å²) in [6.45, 7) is 4.81. The predicted octanol–water partition coefficient (Wildman–Crippen LogP) is 4.04. The summed E-state index contributed by atoms with van der Waals surface area (Å²) >= 11 is 1.65. The molecule has 0 bridgehead atoms. The van der Waals surface area contributed by atoms with Gasteiger partial charge >= 0.3 is 0 Å². The molecule has 4 heterocycles. The summed E-state index contributed by atoms with van der Waals surface area (Å²) in [7, 11) is 0. The van der Waals surface area contributed by atoms with E-state index in [1.165, 1.54) is 11.9 Å². The van der Waals surface area contributed by atoms with E-state index in [4.69, 9.17) is 15.6 Å². The van der Waals surface area contributed by atoms with E-state index in [9.17, 15) is 0 Å². The number of hydrogen-bond donors (Lipinski definition) is 2. The molecule has 7 heteroatoms. The number of nitrogens with zero attached hydrogens (tertiary/aromatic N) is 3. The summed E-state index contributed by atoms with van der Waals surface area (Å²) in [4.78, 5) is 14.7. The fraction of sp³-hybridized carbons (Fsp3) is 0.250. The van der Waals surface area contributed by atoms with Crippen LogP contribution in [-0.2, 0) is 17.8 Å². The number of nitrogens with two attached hydrogens (primary N) is 1. The van der Waals surface area contributed by atoms with Crippen LogP contribution in [-0.4, -0.2) is 20.6 Å². The average molecular weight is 377 g/mol. The largest absolute Gasteiger partial charge is 0.370 e. The molecule has 136 valence electrons. The highest BCUT2D eigenvalue weighted by atomic mass is 32.1. The maximum Gasteiger partial charge on any atom is 0.154 e. The lowest BCUT2D eigenvalue weighted by Gasteiger charge is -2.33. The second-order valence-corrected chi connectivity index (χ2v) is 8.33. The molecule has 3 N–H and O–H groups in total. The molecule has 27 heavy (non-hydrogen) atoms. The Bertz CT molecular complexity index is 1170. The number of anilines is 1. The van der Waals surface area contributed by atoms with Crippen molar-refractivity contribution in [2.75, 3.05) is 5.43 Å². The number of hydrazine groups is 1. The van der Waals surface area contributed by atoms with Crippen molar-refractivity contribution < 1.29 is 4.74 Å². The molecule has 0 unspecified atom stereocenters. The molecule has 1 aromatic carbocycles. The fourth-order valence-corrected chi connectivity index (χ4v) is 4.87. The zero-order chi connectivity index (χ0) is 18.6. The van der Waals surface area contributed by atoms with E-state index in [2.05, 4.69) is 41.4 Å². The highest BCUT2D eigenvalue weighted by Gasteiger charge is 2.31. The summed E-state index contributed by atoms with van der Waals surface area (Å²) in [5.41, 5.74) is 7.87. The van der Waals surface area contributed by atoms with Crippen LogP contribution in [0.1, 0.15) is 25.0 Å². The lowest BCUT2D eigenvalue weighted by Crippen LogP contribution is -2.32. The van der Waals surface area contributed by atoms with Gasteiger partial charge in [0.05, 0.1) is 33.5 Å². The molecule has 0 saturated carbocycles. The number of thiophene rings is 1. The van der Waals surface area contributed by atoms with Crippen molar-refractivity contribution >= 4 is 37.6 Å². The van der Waals surface area contributed by atoms with Crippen molar-refractivity contribution in [2.24, 2.45) is 5.84 Å². The minimum atomic E-state index is -0.216. The van der Waals surface area contributed by atoms with Crippen LogP contribution in [0, 0.1) is 0 Å². The molecule has 5 rings (SSSR count). The summed E-state index contributed by atoms with van der Waals surface area (Å²) in [5.74, 6) is 6.31. The maximum absolute atomic E-state index is 6.13. The Balaban J connectivity index is 1.92. The van der Waals surface area contributed by atoms with Gasteiger partial charge in [0.15, 0.2) is 5.82 Å². The third-order valence-corrected chi connectivity index (χ3v) is 6.15. The summed E-state index contributed by atoms with van der Waals surface area (Å²) < 4.78 is 7.27. The first kappa shape index (κ1) is 16.6. The van der Waals surface area contributed by atoms with Gasteiger partial charge in [0.1, 0.15) is 11.2 Å². The van der Waals surface area contributed by atoms with E-state index in [0.717, 1.165) is 43.7 Å². The van der Waals surface area contributed by atoms with Crippen LogP contribution in [0.15, 0.2) is 36.7 Å². The highest BCUT2D eigenvalue weighted by Crippen LogP contribution is 2.43. The third kappa shape index (κ3) is 2.58. The molecule has 1 aliphatic heterocycles. The Labute approximate surface area is 160 Å². The first-order valence-electron chi connectivity index (χ1n) is 8.82. The maximum atomic E-state index is 6.13. The Hall–Kier alpha value is -2.61. The summed E-state index contributed by atoms with van der Waals surface area (Å²) in [6, 6.07) is 10.2. The van der Waals surface area contributed by atoms with Crippen LogP contribution >= 0.6 is 11.3 Å². The van der Waals surface area contributed by atoms with Gasteiger partial charge in [-0.1, -0.05) is 30.3 Å². The van der Waals surface area contributed by atoms with Crippen LogP contribution in [0.25, 0.3) is 31.7 Å². The van der Waals surface area contributed by atoms with Gasteiger partial charge in [-0.15, -0.1) is 11.3 Å². The SMILES string of the molecule is CC1(C)Cc2c(c(-c3ccccc3)nc3c2sc2ncnc(NN)c23)CO1. The number of nitrogens with one attached hydrogen (secondary N) is 1. The third-order valence-electron chi connectivity index (χ3n) is 5.00. The van der Waals surface area contributed by atoms with Crippen LogP contribution in [0.4, 0.5) is 5.82 Å². The Morgan fingerprint density at radius 2 is 1.96 bits per heavy atom. The van der Waals surface area contributed by atoms with Crippen LogP contribution in [0.5, 0.6) is 0 Å². The van der Waals surface area contributed by atoms with E-state index in [0.29, 0.717) is 12.4 Å². The van der Waals surface area contributed by atoms with E-state index < -0.39 is 0 Å². The van der Waals surface area contributed by atoms with Gasteiger partial charge in [-0.3, -0.25) is 0 Å². The molecule has 0 spiro atoms. The molecule has 0 amide bonds. The van der Waals surface area contributed by atoms with Crippen LogP contribution in [0.3, 0.4) is 0 Å². The molecular weight excluding hydrogens is 358 g/mol. The number of ether oxygens (including phenoxy) is 1. The van der Waals surface area contributed by atoms with E-state index in [-0.39, 0.29) is 5.60 Å². The quantitative estimate of drug-likeness (QED) is 0.405. The van der Waals surface area contributed by atoms with Crippen LogP contribution in [0.2, 0.25) is 0 Å². The number of benzene rings is 1. The smallest absolute Gasteiger partial charge is 0.154 e. The number of rotatable bonds is 2. The molecular formula is C20H19N5OS. The number of aromatic nitrogens is 3. The van der Waals surface area contributed by atoms with Crippen molar-refractivity contribution in [3.05, 3.63) is 47.8 Å². The standard InChI is InChI=1S/C20H19N5OS/c1-20(2)8-12-13(9-26-20)15(11-6-4-3-5-7-11)24-16-14-18(25-21)22-10-23-19(14)27-17(12)16/h3-7,10H,8-9,21H2,1-2H3,(H,22,23,25). The monoisotopic (exact) mass is 377 g/mol. The summed E-state index contributed by atoms with van der Waals surface area (Å²) in [5, 5.41) is 0.879. The van der Waals surface area contributed by atoms with Crippen molar-refractivity contribution in [1.82, 2.24) is 15.0 Å². The van der Waals surface area contributed by atoms with Crippen molar-refractivity contribution in [1.29, 1.82) is 0 Å². The molecule has 0 aliphatic carbocycles. The topological polar surface area (TPSA) is 86.0 Å². The molecule has 4 aromatic rings. The zero-order valence-corrected chi connectivity index (χ0v) is 15.9. The first-order valence-corrected chi connectivity index (χ1v) is 9.64. The van der Waals surface area contributed by atoms with Gasteiger partial charge in [0, 0.05) is 17.5 Å². The highest BCUT2D eigenvalue weighted by molar-refractivity contribution is 7.25. The minimum Gasteiger partial charge on any atom is -0.370 e. The second-order valence-electron chi connectivity index (χ2n) is 7.34. The van der Waals surface area contributed by atoms with Gasteiger partial charge in [0.25, 0.3) is 0 Å². The summed E-state index contributed by atoms with van der Waals surface area (Å²) in [6.07, 6.45) is 2.36. The van der Waals surface area contributed by atoms with Gasteiger partial charge in [-0.25, -0.2) is 20.8 Å². The molecule has 0 fully saturated rings. The van der Waals surface area contributed by atoms with Crippen molar-refractivity contribution in [3.63, 3.8) is 0 Å². The Kier molecular flexibility index (Phi) is 3.65. The molecule has 0 saturated heterocycles. The fourth-order valence-electron chi connectivity index (χ4n) is 3.72. The van der Waals surface area contributed by atoms with Gasteiger partial charge in [0.2, 0.25) is 0 Å². The minimum absolute atomic E-state index is 0.216. The lowest BCUT2D eigenvalue weighted by molar-refractivity contribution is -0.0394. The van der Waals surface area contributed by atoms with Gasteiger partial charge < -0.3 is 10.2 Å². The zero-order valence-electron chi connectivity index (χ0n) is 15.1. The van der Waals surface area contributed by atoms with Crippen molar-refractivity contribution in [2.45, 2.75) is 32.5 Å². The first-order chi connectivity index (χ1) is 13.1. The van der Waals surface area contributed by atoms with Crippen molar-refractivity contribution in [3.8, 4) is 11.3 Å². The molecule has 6 nitrogen and oxygen atoms in total. The van der Waals surface area contributed by atoms with E-state index in [1.807, 2.05) is 18.2 Å². The second kappa shape index (κ2) is 5.95. The van der Waals surface area contributed by atoms with Gasteiger partial charge in [-0.2, -0.15) is 0 Å². The normalized spacial score (nSPS) is 15.8. The molecule has 0 radical (unpaired) electrons. The number of pyridine rings is 1. The molecule has 1 aliphatic rings. The Morgan fingerprint density at radius 1 is 1.15 bits per heavy atom. The Morgan fingerprint density at radius 3 is 2.74 bits per heavy atom. The van der Waals surface area contributed by atoms with E-state index in [1.54, 1.807) is 11.3 Å². The molecule has 0 atom stereocenters. The lowest BCUT2D eigenvalue weighted by atomic mass is 9.89. The number of fused-ring (bicyclic) bond motifs is 5. The predicted molar refractivity (Wildman–Crippen MR) is 109 cm³/mol. The average Bonchev–Trinajstić information content (AvgIpc) is 3.06. The van der Waals surface area contributed by atoms with Crippen LogP contribution < -0.4 is 11.3 Å². The van der Waals surface area contributed by atoms with Gasteiger partial charge in [-0.05, 0) is 19.4 Å². The molecule has 3 aromatic heterocycles. The number of hydrogen-bond acceptors (Lipinski definition) is 7. The number of nitrogen functional groups attached to an aromatic ring is 1.